The number of methoxy groups -OCH3 is 2. The lowest BCUT2D eigenvalue weighted by atomic mass is 9.87. The van der Waals surface area contributed by atoms with E-state index in [0.717, 1.165) is 33.3 Å². The molecule has 0 spiro atoms. The molecule has 1 aromatic heterocycles. The summed E-state index contributed by atoms with van der Waals surface area (Å²) in [6.45, 7) is 10.0. The first-order valence-electron chi connectivity index (χ1n) is 15.0. The number of carbonyl (C=O) groups excluding carboxylic acids is 3. The van der Waals surface area contributed by atoms with E-state index in [1.165, 1.54) is 19.1 Å². The average molecular weight is 657 g/mol. The van der Waals surface area contributed by atoms with E-state index < -0.39 is 38.0 Å². The molecule has 5 rings (SSSR count). The Labute approximate surface area is 275 Å². The van der Waals surface area contributed by atoms with Crippen molar-refractivity contribution in [3.63, 3.8) is 0 Å². The number of carbonyl (C=O) groups is 3. The van der Waals surface area contributed by atoms with Gasteiger partial charge in [0, 0.05) is 23.0 Å². The van der Waals surface area contributed by atoms with E-state index >= 15 is 0 Å². The van der Waals surface area contributed by atoms with Crippen LogP contribution in [0.1, 0.15) is 47.1 Å². The summed E-state index contributed by atoms with van der Waals surface area (Å²) in [6.07, 6.45) is 0.219. The Morgan fingerprint density at radius 2 is 1.63 bits per heavy atom. The monoisotopic (exact) mass is 656 g/mol. The Morgan fingerprint density at radius 3 is 2.24 bits per heavy atom. The van der Waals surface area contributed by atoms with Crippen LogP contribution < -0.4 is 4.74 Å². The van der Waals surface area contributed by atoms with E-state index in [2.05, 4.69) is 42.2 Å². The van der Waals surface area contributed by atoms with Gasteiger partial charge in [-0.25, -0.2) is 9.59 Å². The van der Waals surface area contributed by atoms with Crippen LogP contribution in [0.2, 0.25) is 24.7 Å². The minimum Gasteiger partial charge on any atom is -0.489 e. The molecule has 46 heavy (non-hydrogen) atoms. The summed E-state index contributed by atoms with van der Waals surface area (Å²) in [5.41, 5.74) is 8.56. The second-order valence-corrected chi connectivity index (χ2v) is 17.7. The van der Waals surface area contributed by atoms with Gasteiger partial charge in [0.15, 0.2) is 0 Å². The number of halogens is 1. The molecule has 4 aromatic rings. The molecule has 1 amide bonds. The summed E-state index contributed by atoms with van der Waals surface area (Å²) >= 11 is 6.57. The van der Waals surface area contributed by atoms with Crippen LogP contribution in [-0.4, -0.2) is 62.2 Å². The third-order valence-corrected chi connectivity index (χ3v) is 8.92. The van der Waals surface area contributed by atoms with Crippen LogP contribution in [0.3, 0.4) is 0 Å². The van der Waals surface area contributed by atoms with Gasteiger partial charge in [0.2, 0.25) is 0 Å². The van der Waals surface area contributed by atoms with E-state index in [4.69, 9.17) is 25.8 Å². The molecule has 0 saturated heterocycles. The number of amides is 1. The number of hydrogen-bond donors (Lipinski definition) is 1. The smallest absolute Gasteiger partial charge is 0.337 e. The highest BCUT2D eigenvalue weighted by Crippen LogP contribution is 2.42. The summed E-state index contributed by atoms with van der Waals surface area (Å²) in [5, 5.41) is 1.42. The van der Waals surface area contributed by atoms with Gasteiger partial charge in [0.25, 0.3) is 5.91 Å². The summed E-state index contributed by atoms with van der Waals surface area (Å²) in [5.74, 6) is 1.97. The molecule has 1 aliphatic rings. The van der Waals surface area contributed by atoms with E-state index in [9.17, 15) is 14.4 Å². The van der Waals surface area contributed by atoms with Crippen molar-refractivity contribution < 1.29 is 28.6 Å². The average Bonchev–Trinajstić information content (AvgIpc) is 3.40. The van der Waals surface area contributed by atoms with Gasteiger partial charge in [-0.1, -0.05) is 55.5 Å². The second kappa shape index (κ2) is 13.1. The SMILES string of the molecule is COC(=O)c1ccc(C2c3[nH]c4ccc(-c5ccc(OC(C)C)c(Cl)c5)cc4c3CC(C(=O)OC)N2C(=O)C#C[Si](C)(C)C)cc1. The summed E-state index contributed by atoms with van der Waals surface area (Å²) < 4.78 is 15.9. The molecule has 3 aromatic carbocycles. The van der Waals surface area contributed by atoms with Gasteiger partial charge in [-0.3, -0.25) is 4.79 Å². The highest BCUT2D eigenvalue weighted by molar-refractivity contribution is 6.84. The van der Waals surface area contributed by atoms with Gasteiger partial charge >= 0.3 is 11.9 Å². The van der Waals surface area contributed by atoms with Crippen LogP contribution in [0, 0.1) is 11.5 Å². The van der Waals surface area contributed by atoms with Crippen LogP contribution in [0.15, 0.2) is 60.7 Å². The van der Waals surface area contributed by atoms with Gasteiger partial charge in [-0.05, 0) is 78.4 Å². The Kier molecular flexibility index (Phi) is 9.33. The normalized spacial score (nSPS) is 16.0. The zero-order chi connectivity index (χ0) is 33.3. The van der Waals surface area contributed by atoms with Crippen molar-refractivity contribution in [1.82, 2.24) is 9.88 Å². The van der Waals surface area contributed by atoms with Crippen molar-refractivity contribution in [2.75, 3.05) is 14.2 Å². The van der Waals surface area contributed by atoms with Crippen LogP contribution >= 0.6 is 11.6 Å². The van der Waals surface area contributed by atoms with Crippen LogP contribution in [0.5, 0.6) is 5.75 Å². The number of ether oxygens (including phenoxy) is 3. The molecule has 10 heteroatoms. The molecule has 1 N–H and O–H groups in total. The summed E-state index contributed by atoms with van der Waals surface area (Å²) in [7, 11) is 0.719. The first kappa shape index (κ1) is 32.9. The maximum Gasteiger partial charge on any atom is 0.337 e. The first-order valence-corrected chi connectivity index (χ1v) is 18.9. The molecule has 0 bridgehead atoms. The van der Waals surface area contributed by atoms with E-state index in [0.29, 0.717) is 21.9 Å². The highest BCUT2D eigenvalue weighted by Gasteiger charge is 2.44. The lowest BCUT2D eigenvalue weighted by molar-refractivity contribution is -0.153. The summed E-state index contributed by atoms with van der Waals surface area (Å²) in [4.78, 5) is 44.6. The van der Waals surface area contributed by atoms with Crippen molar-refractivity contribution in [2.45, 2.75) is 58.1 Å². The number of nitrogens with one attached hydrogen (secondary N) is 1. The van der Waals surface area contributed by atoms with E-state index in [-0.39, 0.29) is 12.5 Å². The molecule has 2 unspecified atom stereocenters. The predicted molar refractivity (Wildman–Crippen MR) is 182 cm³/mol. The molecule has 0 fully saturated rings. The molecule has 0 saturated carbocycles. The summed E-state index contributed by atoms with van der Waals surface area (Å²) in [6, 6.07) is 16.9. The van der Waals surface area contributed by atoms with Crippen molar-refractivity contribution in [1.29, 1.82) is 0 Å². The van der Waals surface area contributed by atoms with Gasteiger partial charge in [-0.2, -0.15) is 0 Å². The maximum absolute atomic E-state index is 13.9. The number of fused-ring (bicyclic) bond motifs is 3. The van der Waals surface area contributed by atoms with Crippen molar-refractivity contribution in [2.24, 2.45) is 0 Å². The lowest BCUT2D eigenvalue weighted by Gasteiger charge is -2.40. The fraction of sp³-hybridized carbons (Fsp3) is 0.306. The van der Waals surface area contributed by atoms with Crippen LogP contribution in [0.25, 0.3) is 22.0 Å². The predicted octanol–water partition coefficient (Wildman–Crippen LogP) is 6.96. The van der Waals surface area contributed by atoms with Gasteiger partial charge in [-0.15, -0.1) is 5.54 Å². The van der Waals surface area contributed by atoms with Gasteiger partial charge in [0.1, 0.15) is 19.9 Å². The molecular formula is C36H37ClN2O6Si. The Balaban J connectivity index is 1.69. The topological polar surface area (TPSA) is 97.9 Å². The first-order chi connectivity index (χ1) is 21.8. The lowest BCUT2D eigenvalue weighted by Crippen LogP contribution is -2.51. The minimum absolute atomic E-state index is 0.00795. The van der Waals surface area contributed by atoms with Gasteiger partial charge < -0.3 is 24.1 Å². The molecule has 0 radical (unpaired) electrons. The highest BCUT2D eigenvalue weighted by atomic mass is 35.5. The van der Waals surface area contributed by atoms with Crippen molar-refractivity contribution in [3.8, 4) is 28.3 Å². The largest absolute Gasteiger partial charge is 0.489 e. The van der Waals surface area contributed by atoms with Crippen molar-refractivity contribution >= 4 is 48.4 Å². The Morgan fingerprint density at radius 1 is 0.957 bits per heavy atom. The molecule has 8 nitrogen and oxygen atoms in total. The molecule has 2 atom stereocenters. The van der Waals surface area contributed by atoms with E-state index in [1.807, 2.05) is 44.2 Å². The fourth-order valence-corrected chi connectivity index (χ4v) is 6.39. The quantitative estimate of drug-likeness (QED) is 0.137. The Bertz CT molecular complexity index is 1880. The number of aromatic nitrogens is 1. The molecule has 238 valence electrons. The number of H-pyrrole nitrogens is 1. The standard InChI is InChI=1S/C36H37ClN2O6Si/c1-21(2)45-31-15-13-25(19-28(31)37)24-12-14-29-26(18-24)27-20-30(36(42)44-4)39(32(40)16-17-46(5,6)7)34(33(27)38-29)22-8-10-23(11-9-22)35(41)43-3/h8-15,18-19,21,30,34,38H,20H2,1-7H3. The second-order valence-electron chi connectivity index (χ2n) is 12.6. The van der Waals surface area contributed by atoms with Crippen molar-refractivity contribution in [3.05, 3.63) is 88.1 Å². The number of rotatable bonds is 6. The number of aromatic amines is 1. The third-order valence-electron chi connectivity index (χ3n) is 7.75. The van der Waals surface area contributed by atoms with Crippen LogP contribution in [-0.2, 0) is 25.5 Å². The Hall–Kier alpha value is -4.52. The molecule has 2 heterocycles. The molecule has 0 aliphatic carbocycles. The molecular weight excluding hydrogens is 620 g/mol. The zero-order valence-corrected chi connectivity index (χ0v) is 28.7. The minimum atomic E-state index is -1.92. The van der Waals surface area contributed by atoms with Gasteiger partial charge in [0.05, 0.1) is 37.0 Å². The molecule has 1 aliphatic heterocycles. The van der Waals surface area contributed by atoms with Crippen LogP contribution in [0.4, 0.5) is 0 Å². The van der Waals surface area contributed by atoms with E-state index in [1.54, 1.807) is 24.3 Å². The zero-order valence-electron chi connectivity index (χ0n) is 27.0. The number of hydrogen-bond acceptors (Lipinski definition) is 6. The maximum atomic E-state index is 13.9. The third kappa shape index (κ3) is 6.69. The number of nitrogens with zero attached hydrogens (tertiary/aromatic N) is 1. The fourth-order valence-electron chi connectivity index (χ4n) is 5.69. The number of esters is 2. The number of benzene rings is 3.